The van der Waals surface area contributed by atoms with Gasteiger partial charge in [0, 0.05) is 0 Å². The van der Waals surface area contributed by atoms with Gasteiger partial charge in [-0.1, -0.05) is 0 Å². The van der Waals surface area contributed by atoms with Crippen molar-refractivity contribution >= 4 is 57.2 Å². The zero-order valence-corrected chi connectivity index (χ0v) is 12.5. The molecular weight excluding hydrogens is 230 g/mol. The van der Waals surface area contributed by atoms with Crippen LogP contribution in [0.1, 0.15) is 0 Å². The van der Waals surface area contributed by atoms with E-state index in [0.29, 0.717) is 0 Å². The van der Waals surface area contributed by atoms with Crippen LogP contribution in [0.3, 0.4) is 0 Å². The van der Waals surface area contributed by atoms with Gasteiger partial charge in [-0.3, -0.25) is 0 Å². The van der Waals surface area contributed by atoms with Crippen LogP contribution < -0.4 is 10.4 Å². The predicted molar refractivity (Wildman–Crippen MR) is 78.8 cm³/mol. The zero-order chi connectivity index (χ0) is 12.3. The molecule has 0 fully saturated rings. The van der Waals surface area contributed by atoms with Crippen molar-refractivity contribution < 1.29 is 4.80 Å². The van der Waals surface area contributed by atoms with Gasteiger partial charge >= 0.3 is 123 Å². The van der Waals surface area contributed by atoms with E-state index in [9.17, 15) is 4.80 Å². The van der Waals surface area contributed by atoms with Crippen molar-refractivity contribution in [3.63, 3.8) is 0 Å². The van der Waals surface area contributed by atoms with Crippen LogP contribution in [0.15, 0.2) is 60.7 Å². The first-order valence-electron chi connectivity index (χ1n) is 5.99. The monoisotopic (exact) mass is 242 g/mol. The Morgan fingerprint density at radius 3 is 1.41 bits per heavy atom. The molecule has 17 heavy (non-hydrogen) atoms. The summed E-state index contributed by atoms with van der Waals surface area (Å²) in [7, 11) is -2.44. The second-order valence-corrected chi connectivity index (χ2v) is 15.6. The predicted octanol–water partition coefficient (Wildman–Crippen LogP) is -0.626. The Bertz CT molecular complexity index is 437. The summed E-state index contributed by atoms with van der Waals surface area (Å²) in [6, 6.07) is 20.4. The quantitative estimate of drug-likeness (QED) is 0.711. The first-order valence-corrected chi connectivity index (χ1v) is 12.1. The van der Waals surface area contributed by atoms with Crippen molar-refractivity contribution in [1.29, 1.82) is 0 Å². The van der Waals surface area contributed by atoms with Gasteiger partial charge in [0.25, 0.3) is 0 Å². The third-order valence-electron chi connectivity index (χ3n) is 3.26. The van der Waals surface area contributed by atoms with Crippen molar-refractivity contribution in [2.75, 3.05) is 0 Å². The van der Waals surface area contributed by atoms with Crippen LogP contribution in [0.5, 0.6) is 0 Å². The van der Waals surface area contributed by atoms with Crippen LogP contribution >= 0.6 is 0 Å². The molecule has 0 unspecified atom stereocenters. The molecule has 0 saturated heterocycles. The molecule has 0 spiro atoms. The molecule has 2 rings (SSSR count). The number of benzene rings is 2. The van der Waals surface area contributed by atoms with Crippen LogP contribution in [-0.4, -0.2) is 51.7 Å². The maximum atomic E-state index is 11.2. The molecule has 0 aliphatic carbocycles. The second-order valence-electron chi connectivity index (χ2n) is 4.65. The number of hydrogen-bond donors (Lipinski definition) is 1. The summed E-state index contributed by atoms with van der Waals surface area (Å²) in [6.45, 7) is 0. The SMILES string of the molecule is [Li][SiH]([Li])[Si](O)(c1ccccc1)c1ccccc1. The summed E-state index contributed by atoms with van der Waals surface area (Å²) >= 11 is 4.48. The van der Waals surface area contributed by atoms with Gasteiger partial charge in [0.1, 0.15) is 0 Å². The summed E-state index contributed by atoms with van der Waals surface area (Å²) in [5, 5.41) is 2.29. The molecule has 5 heteroatoms. The summed E-state index contributed by atoms with van der Waals surface area (Å²) in [5.41, 5.74) is 0. The van der Waals surface area contributed by atoms with E-state index in [-0.39, 0.29) is 0 Å². The molecule has 0 atom stereocenters. The fourth-order valence-corrected chi connectivity index (χ4v) is 10.4. The first-order chi connectivity index (χ1) is 8.15. The normalized spacial score (nSPS) is 11.9. The molecular formula is C12H12Li2OSi2. The standard InChI is InChI=1S/C12H12OSi2.2Li/c13-15(14,11-7-3-1-4-8-11)12-9-5-2-6-10-12;;/h1-10,13-14H;;. The molecule has 0 amide bonds. The molecule has 1 nitrogen and oxygen atoms in total. The van der Waals surface area contributed by atoms with E-state index in [0.717, 1.165) is 10.4 Å². The van der Waals surface area contributed by atoms with E-state index in [1.807, 2.05) is 36.4 Å². The van der Waals surface area contributed by atoms with Crippen molar-refractivity contribution in [3.05, 3.63) is 60.7 Å². The Kier molecular flexibility index (Phi) is 4.58. The maximum absolute atomic E-state index is 11.2. The number of hydrogen-bond acceptors (Lipinski definition) is 1. The first kappa shape index (κ1) is 13.5. The molecule has 0 radical (unpaired) electrons. The molecule has 0 saturated carbocycles. The molecule has 0 heterocycles. The van der Waals surface area contributed by atoms with Crippen LogP contribution in [0.25, 0.3) is 0 Å². The Hall–Kier alpha value is 0.0286. The van der Waals surface area contributed by atoms with Gasteiger partial charge in [-0.05, 0) is 0 Å². The van der Waals surface area contributed by atoms with Gasteiger partial charge in [-0.15, -0.1) is 0 Å². The van der Waals surface area contributed by atoms with E-state index in [2.05, 4.69) is 58.3 Å². The van der Waals surface area contributed by atoms with Crippen LogP contribution in [0, 0.1) is 0 Å². The fraction of sp³-hybridized carbons (Fsp3) is 0. The van der Waals surface area contributed by atoms with Gasteiger partial charge in [-0.25, -0.2) is 0 Å². The minimum atomic E-state index is -2.44. The van der Waals surface area contributed by atoms with E-state index in [1.54, 1.807) is 0 Å². The van der Waals surface area contributed by atoms with Crippen LogP contribution in [0.4, 0.5) is 0 Å². The Morgan fingerprint density at radius 1 is 0.765 bits per heavy atom. The number of rotatable bonds is 3. The van der Waals surface area contributed by atoms with Crippen molar-refractivity contribution in [2.45, 2.75) is 0 Å². The third kappa shape index (κ3) is 2.72. The Balaban J connectivity index is 2.55. The van der Waals surface area contributed by atoms with Crippen LogP contribution in [-0.2, 0) is 0 Å². The van der Waals surface area contributed by atoms with Crippen LogP contribution in [0.2, 0.25) is 0 Å². The summed E-state index contributed by atoms with van der Waals surface area (Å²) in [4.78, 5) is 10.1. The molecule has 2 aromatic rings. The molecule has 1 N–H and O–H groups in total. The Labute approximate surface area is 122 Å². The van der Waals surface area contributed by atoms with Crippen molar-refractivity contribution in [1.82, 2.24) is 0 Å². The van der Waals surface area contributed by atoms with E-state index in [4.69, 9.17) is 0 Å². The fourth-order valence-electron chi connectivity index (χ4n) is 2.22. The van der Waals surface area contributed by atoms with E-state index in [1.165, 1.54) is 0 Å². The summed E-state index contributed by atoms with van der Waals surface area (Å²) in [5.74, 6) is 0. The Morgan fingerprint density at radius 2 is 1.12 bits per heavy atom. The topological polar surface area (TPSA) is 20.2 Å². The van der Waals surface area contributed by atoms with Gasteiger partial charge < -0.3 is 0 Å². The molecule has 0 aliphatic rings. The van der Waals surface area contributed by atoms with Gasteiger partial charge in [0.15, 0.2) is 0 Å². The molecule has 76 valence electrons. The van der Waals surface area contributed by atoms with Crippen molar-refractivity contribution in [2.24, 2.45) is 0 Å². The van der Waals surface area contributed by atoms with E-state index < -0.39 is 12.8 Å². The average molecular weight is 242 g/mol. The summed E-state index contributed by atoms with van der Waals surface area (Å²) in [6.07, 6.45) is 0. The van der Waals surface area contributed by atoms with Gasteiger partial charge in [0.2, 0.25) is 0 Å². The van der Waals surface area contributed by atoms with Crippen molar-refractivity contribution in [3.8, 4) is 0 Å². The molecule has 0 aliphatic heterocycles. The third-order valence-corrected chi connectivity index (χ3v) is 14.4. The zero-order valence-electron chi connectivity index (χ0n) is 10.3. The molecule has 0 aromatic heterocycles. The summed E-state index contributed by atoms with van der Waals surface area (Å²) < 4.78 is 0. The van der Waals surface area contributed by atoms with Gasteiger partial charge in [0.05, 0.1) is 0 Å². The second kappa shape index (κ2) is 5.78. The molecule has 2 aromatic carbocycles. The van der Waals surface area contributed by atoms with Gasteiger partial charge in [-0.2, -0.15) is 0 Å². The average Bonchev–Trinajstić information content (AvgIpc) is 2.39. The molecule has 0 bridgehead atoms. The van der Waals surface area contributed by atoms with E-state index >= 15 is 0 Å². The minimum absolute atomic E-state index is 1.15.